The second kappa shape index (κ2) is 9.05. The lowest BCUT2D eigenvalue weighted by Gasteiger charge is -2.39. The number of alkyl halides is 3. The zero-order valence-electron chi connectivity index (χ0n) is 17.9. The number of ether oxygens (including phenoxy) is 3. The van der Waals surface area contributed by atoms with Crippen molar-refractivity contribution in [1.82, 2.24) is 4.90 Å². The van der Waals surface area contributed by atoms with Gasteiger partial charge < -0.3 is 28.6 Å². The van der Waals surface area contributed by atoms with E-state index >= 15 is 0 Å². The Hall–Kier alpha value is -3.08. The van der Waals surface area contributed by atoms with Crippen LogP contribution in [0.5, 0.6) is 11.5 Å². The molecule has 180 valence electrons. The van der Waals surface area contributed by atoms with E-state index in [1.54, 1.807) is 20.8 Å². The van der Waals surface area contributed by atoms with Crippen molar-refractivity contribution in [3.63, 3.8) is 0 Å². The first-order valence-electron chi connectivity index (χ1n) is 9.73. The van der Waals surface area contributed by atoms with E-state index in [4.69, 9.17) is 30.9 Å². The van der Waals surface area contributed by atoms with Crippen LogP contribution in [0.1, 0.15) is 42.6 Å². The first kappa shape index (κ1) is 24.6. The molecule has 0 saturated carbocycles. The van der Waals surface area contributed by atoms with Gasteiger partial charge in [-0.3, -0.25) is 0 Å². The number of halogens is 4. The van der Waals surface area contributed by atoms with Crippen molar-refractivity contribution in [2.24, 2.45) is 0 Å². The molecule has 2 heterocycles. The number of carboxylic acids is 1. The number of carboxylic acid groups (broad SMARTS) is 1. The van der Waals surface area contributed by atoms with E-state index in [2.05, 4.69) is 4.42 Å². The highest BCUT2D eigenvalue weighted by atomic mass is 35.5. The Labute approximate surface area is 191 Å². The van der Waals surface area contributed by atoms with Gasteiger partial charge in [-0.25, -0.2) is 9.59 Å². The molecule has 1 N–H and O–H groups in total. The van der Waals surface area contributed by atoms with Crippen LogP contribution in [0.25, 0.3) is 0 Å². The number of likely N-dealkylation sites (tertiary alicyclic amines) is 1. The minimum absolute atomic E-state index is 0.150. The molecule has 3 rings (SSSR count). The van der Waals surface area contributed by atoms with Crippen LogP contribution >= 0.6 is 11.6 Å². The van der Waals surface area contributed by atoms with Crippen molar-refractivity contribution in [2.75, 3.05) is 13.1 Å². The SMILES string of the molecule is CC(C)(C)OC(=O)N1CC(Oc2cc(Cl)ccc2OCc2cc(C(=O)O)c(C(F)(F)F)o2)C1. The van der Waals surface area contributed by atoms with Crippen molar-refractivity contribution in [1.29, 1.82) is 0 Å². The van der Waals surface area contributed by atoms with Crippen molar-refractivity contribution in [3.8, 4) is 11.5 Å². The predicted octanol–water partition coefficient (Wildman–Crippen LogP) is 5.23. The smallest absolute Gasteiger partial charge is 0.450 e. The van der Waals surface area contributed by atoms with Gasteiger partial charge in [-0.2, -0.15) is 13.2 Å². The van der Waals surface area contributed by atoms with Gasteiger partial charge in [-0.1, -0.05) is 11.6 Å². The fraction of sp³-hybridized carbons (Fsp3) is 0.429. The highest BCUT2D eigenvalue weighted by molar-refractivity contribution is 6.30. The number of amides is 1. The van der Waals surface area contributed by atoms with Crippen LogP contribution in [0.2, 0.25) is 5.02 Å². The maximum absolute atomic E-state index is 13.0. The highest BCUT2D eigenvalue weighted by Gasteiger charge is 2.40. The Bertz CT molecular complexity index is 1040. The number of carbonyl (C=O) groups excluding carboxylic acids is 1. The van der Waals surface area contributed by atoms with Gasteiger partial charge in [-0.05, 0) is 39.0 Å². The van der Waals surface area contributed by atoms with Gasteiger partial charge in [0.1, 0.15) is 29.6 Å². The summed E-state index contributed by atoms with van der Waals surface area (Å²) >= 11 is 6.01. The van der Waals surface area contributed by atoms with E-state index < -0.39 is 41.8 Å². The third-order valence-corrected chi connectivity index (χ3v) is 4.58. The number of rotatable bonds is 6. The third-order valence-electron chi connectivity index (χ3n) is 4.34. The van der Waals surface area contributed by atoms with E-state index in [1.165, 1.54) is 23.1 Å². The molecule has 1 aliphatic rings. The lowest BCUT2D eigenvalue weighted by Crippen LogP contribution is -2.57. The third kappa shape index (κ3) is 6.25. The molecular weight excluding hydrogens is 471 g/mol. The minimum Gasteiger partial charge on any atom is -0.483 e. The van der Waals surface area contributed by atoms with Gasteiger partial charge in [0.05, 0.1) is 13.1 Å². The van der Waals surface area contributed by atoms with Gasteiger partial charge >= 0.3 is 18.2 Å². The predicted molar refractivity (Wildman–Crippen MR) is 109 cm³/mol. The summed E-state index contributed by atoms with van der Waals surface area (Å²) in [5.74, 6) is -3.36. The lowest BCUT2D eigenvalue weighted by molar-refractivity contribution is -0.154. The second-order valence-corrected chi connectivity index (χ2v) is 8.70. The molecule has 1 fully saturated rings. The number of hydrogen-bond donors (Lipinski definition) is 1. The van der Waals surface area contributed by atoms with E-state index in [1.807, 2.05) is 0 Å². The van der Waals surface area contributed by atoms with Crippen LogP contribution in [0.3, 0.4) is 0 Å². The first-order valence-corrected chi connectivity index (χ1v) is 10.1. The summed E-state index contributed by atoms with van der Waals surface area (Å²) < 4.78 is 60.2. The van der Waals surface area contributed by atoms with E-state index in [0.29, 0.717) is 5.02 Å². The summed E-state index contributed by atoms with van der Waals surface area (Å²) in [6.45, 7) is 5.30. The van der Waals surface area contributed by atoms with Crippen molar-refractivity contribution >= 4 is 23.7 Å². The molecule has 12 heteroatoms. The standard InChI is InChI=1S/C21H21ClF3NO7/c1-20(2,3)33-19(29)26-8-13(9-26)31-16-6-11(22)4-5-15(16)30-10-12-7-14(18(27)28)17(32-12)21(23,24)25/h4-7,13H,8-10H2,1-3H3,(H,27,28). The summed E-state index contributed by atoms with van der Waals surface area (Å²) in [4.78, 5) is 24.6. The van der Waals surface area contributed by atoms with Crippen LogP contribution in [0, 0.1) is 0 Å². The number of furan rings is 1. The molecule has 0 atom stereocenters. The average molecular weight is 492 g/mol. The fourth-order valence-corrected chi connectivity index (χ4v) is 3.05. The molecule has 0 spiro atoms. The molecule has 0 aliphatic carbocycles. The van der Waals surface area contributed by atoms with Crippen LogP contribution in [-0.4, -0.2) is 46.9 Å². The second-order valence-electron chi connectivity index (χ2n) is 8.26. The number of aromatic carboxylic acids is 1. The number of carbonyl (C=O) groups is 2. The molecule has 33 heavy (non-hydrogen) atoms. The number of hydrogen-bond acceptors (Lipinski definition) is 6. The van der Waals surface area contributed by atoms with E-state index in [9.17, 15) is 22.8 Å². The minimum atomic E-state index is -4.97. The van der Waals surface area contributed by atoms with E-state index in [-0.39, 0.29) is 36.5 Å². The Morgan fingerprint density at radius 1 is 1.18 bits per heavy atom. The normalized spacial score (nSPS) is 14.6. The number of benzene rings is 1. The van der Waals surface area contributed by atoms with Crippen molar-refractivity contribution in [3.05, 3.63) is 46.4 Å². The van der Waals surface area contributed by atoms with Crippen LogP contribution in [0.4, 0.5) is 18.0 Å². The zero-order chi connectivity index (χ0) is 24.6. The molecule has 0 bridgehead atoms. The van der Waals surface area contributed by atoms with Gasteiger partial charge in [0.2, 0.25) is 5.76 Å². The molecule has 1 aromatic heterocycles. The topological polar surface area (TPSA) is 98.4 Å². The average Bonchev–Trinajstić information content (AvgIpc) is 3.07. The van der Waals surface area contributed by atoms with Gasteiger partial charge in [0.15, 0.2) is 11.5 Å². The van der Waals surface area contributed by atoms with E-state index in [0.717, 1.165) is 6.07 Å². The Kier molecular flexibility index (Phi) is 6.73. The van der Waals surface area contributed by atoms with Gasteiger partial charge in [0.25, 0.3) is 0 Å². The molecule has 1 amide bonds. The number of nitrogens with zero attached hydrogens (tertiary/aromatic N) is 1. The summed E-state index contributed by atoms with van der Waals surface area (Å²) in [6.07, 6.45) is -5.82. The van der Waals surface area contributed by atoms with Crippen molar-refractivity contribution in [2.45, 2.75) is 45.3 Å². The summed E-state index contributed by atoms with van der Waals surface area (Å²) in [5.41, 5.74) is -1.64. The monoisotopic (exact) mass is 491 g/mol. The largest absolute Gasteiger partial charge is 0.483 e. The lowest BCUT2D eigenvalue weighted by atomic mass is 10.1. The molecule has 8 nitrogen and oxygen atoms in total. The van der Waals surface area contributed by atoms with Gasteiger partial charge in [0, 0.05) is 11.1 Å². The quantitative estimate of drug-likeness (QED) is 0.591. The molecule has 0 radical (unpaired) electrons. The maximum atomic E-state index is 13.0. The molecule has 1 saturated heterocycles. The summed E-state index contributed by atoms with van der Waals surface area (Å²) in [7, 11) is 0. The molecule has 2 aromatic rings. The molecule has 1 aliphatic heterocycles. The van der Waals surface area contributed by atoms with Crippen LogP contribution in [-0.2, 0) is 17.5 Å². The summed E-state index contributed by atoms with van der Waals surface area (Å²) in [6, 6.07) is 5.16. The fourth-order valence-electron chi connectivity index (χ4n) is 2.89. The Morgan fingerprint density at radius 2 is 1.85 bits per heavy atom. The van der Waals surface area contributed by atoms with Crippen molar-refractivity contribution < 1.29 is 46.5 Å². The summed E-state index contributed by atoms with van der Waals surface area (Å²) in [5, 5.41) is 9.31. The molecular formula is C21H21ClF3NO7. The molecule has 0 unspecified atom stereocenters. The Morgan fingerprint density at radius 3 is 2.39 bits per heavy atom. The highest BCUT2D eigenvalue weighted by Crippen LogP contribution is 2.36. The first-order chi connectivity index (χ1) is 15.2. The van der Waals surface area contributed by atoms with Crippen LogP contribution in [0.15, 0.2) is 28.7 Å². The van der Waals surface area contributed by atoms with Gasteiger partial charge in [-0.15, -0.1) is 0 Å². The zero-order valence-corrected chi connectivity index (χ0v) is 18.6. The Balaban J connectivity index is 1.66. The maximum Gasteiger partial charge on any atom is 0.450 e. The van der Waals surface area contributed by atoms with Crippen LogP contribution < -0.4 is 9.47 Å². The molecule has 1 aromatic carbocycles.